The van der Waals surface area contributed by atoms with Crippen molar-refractivity contribution >= 4 is 11.5 Å². The van der Waals surface area contributed by atoms with Crippen LogP contribution in [0.25, 0.3) is 22.4 Å². The van der Waals surface area contributed by atoms with Crippen LogP contribution in [-0.2, 0) is 0 Å². The van der Waals surface area contributed by atoms with Crippen molar-refractivity contribution in [3.8, 4) is 22.4 Å². The van der Waals surface area contributed by atoms with E-state index in [0.717, 1.165) is 22.4 Å². The molecule has 3 heteroatoms. The number of halogens is 1. The largest absolute Gasteiger partial charge is 0.207 e. The number of nitrogens with zero attached hydrogens (tertiary/aromatic N) is 1. The molecule has 1 nitrogen and oxygen atoms in total. The van der Waals surface area contributed by atoms with Crippen LogP contribution in [0.2, 0.25) is 0 Å². The summed E-state index contributed by atoms with van der Waals surface area (Å²) >= 11 is 1.44. The zero-order valence-corrected chi connectivity index (χ0v) is 11.2. The van der Waals surface area contributed by atoms with Crippen LogP contribution in [0.3, 0.4) is 0 Å². The first kappa shape index (κ1) is 12.1. The molecule has 3 rings (SSSR count). The van der Waals surface area contributed by atoms with Gasteiger partial charge in [0.15, 0.2) is 0 Å². The lowest BCUT2D eigenvalue weighted by atomic mass is 9.99. The van der Waals surface area contributed by atoms with Crippen molar-refractivity contribution in [2.24, 2.45) is 0 Å². The summed E-state index contributed by atoms with van der Waals surface area (Å²) in [6.45, 7) is 2.06. The molecule has 0 amide bonds. The van der Waals surface area contributed by atoms with Gasteiger partial charge in [-0.3, -0.25) is 0 Å². The van der Waals surface area contributed by atoms with Gasteiger partial charge in [-0.1, -0.05) is 18.2 Å². The van der Waals surface area contributed by atoms with E-state index in [4.69, 9.17) is 0 Å². The molecule has 1 heterocycles. The van der Waals surface area contributed by atoms with Gasteiger partial charge in [0.05, 0.1) is 5.69 Å². The summed E-state index contributed by atoms with van der Waals surface area (Å²) in [6, 6.07) is 14.9. The molecule has 0 radical (unpaired) electrons. The Morgan fingerprint density at radius 2 is 1.63 bits per heavy atom. The Labute approximate surface area is 115 Å². The van der Waals surface area contributed by atoms with Gasteiger partial charge in [0.2, 0.25) is 0 Å². The molecule has 1 aromatic heterocycles. The lowest BCUT2D eigenvalue weighted by molar-refractivity contribution is 0.628. The van der Waals surface area contributed by atoms with Crippen LogP contribution >= 0.6 is 11.5 Å². The summed E-state index contributed by atoms with van der Waals surface area (Å²) in [6.07, 6.45) is 0. The van der Waals surface area contributed by atoms with E-state index in [1.807, 2.05) is 11.4 Å². The first-order chi connectivity index (χ1) is 9.22. The molecular weight excluding hydrogens is 257 g/mol. The predicted molar refractivity (Wildman–Crippen MR) is 77.7 cm³/mol. The summed E-state index contributed by atoms with van der Waals surface area (Å²) in [7, 11) is 0. The summed E-state index contributed by atoms with van der Waals surface area (Å²) in [5.74, 6) is -0.212. The molecule has 2 aromatic carbocycles. The summed E-state index contributed by atoms with van der Waals surface area (Å²) in [4.78, 5) is 0. The van der Waals surface area contributed by atoms with E-state index < -0.39 is 0 Å². The molecule has 0 N–H and O–H groups in total. The van der Waals surface area contributed by atoms with Gasteiger partial charge in [-0.25, -0.2) is 4.39 Å². The Kier molecular flexibility index (Phi) is 3.13. The highest BCUT2D eigenvalue weighted by atomic mass is 32.1. The third kappa shape index (κ3) is 2.56. The van der Waals surface area contributed by atoms with Gasteiger partial charge in [-0.2, -0.15) is 4.37 Å². The highest BCUT2D eigenvalue weighted by Gasteiger charge is 2.05. The van der Waals surface area contributed by atoms with Crippen LogP contribution in [-0.4, -0.2) is 4.37 Å². The molecule has 19 heavy (non-hydrogen) atoms. The van der Waals surface area contributed by atoms with Crippen molar-refractivity contribution in [3.63, 3.8) is 0 Å². The van der Waals surface area contributed by atoms with Crippen molar-refractivity contribution in [1.82, 2.24) is 4.37 Å². The van der Waals surface area contributed by atoms with Crippen LogP contribution < -0.4 is 0 Å². The Hall–Kier alpha value is -2.00. The highest BCUT2D eigenvalue weighted by molar-refractivity contribution is 7.03. The number of rotatable bonds is 2. The third-order valence-corrected chi connectivity index (χ3v) is 3.55. The molecule has 0 bridgehead atoms. The summed E-state index contributed by atoms with van der Waals surface area (Å²) in [5.41, 5.74) is 5.35. The minimum Gasteiger partial charge on any atom is -0.207 e. The molecule has 0 aliphatic heterocycles. The normalized spacial score (nSPS) is 10.6. The molecule has 0 aliphatic carbocycles. The number of aryl methyl sites for hydroxylation is 1. The van der Waals surface area contributed by atoms with Crippen molar-refractivity contribution in [1.29, 1.82) is 0 Å². The number of hydrogen-bond donors (Lipinski definition) is 0. The highest BCUT2D eigenvalue weighted by Crippen LogP contribution is 2.27. The van der Waals surface area contributed by atoms with Gasteiger partial charge in [0, 0.05) is 10.9 Å². The maximum Gasteiger partial charge on any atom is 0.123 e. The van der Waals surface area contributed by atoms with Crippen LogP contribution in [0, 0.1) is 12.7 Å². The predicted octanol–water partition coefficient (Wildman–Crippen LogP) is 4.92. The quantitative estimate of drug-likeness (QED) is 0.643. The van der Waals surface area contributed by atoms with Crippen molar-refractivity contribution in [2.75, 3.05) is 0 Å². The van der Waals surface area contributed by atoms with Crippen LogP contribution in [0.5, 0.6) is 0 Å². The van der Waals surface area contributed by atoms with Gasteiger partial charge < -0.3 is 0 Å². The SMILES string of the molecule is Cc1cc(-c2ccc(F)cc2)cc(-c2ccsn2)c1. The molecule has 3 aromatic rings. The fourth-order valence-corrected chi connectivity index (χ4v) is 2.63. The van der Waals surface area contributed by atoms with E-state index in [-0.39, 0.29) is 5.82 Å². The fourth-order valence-electron chi connectivity index (χ4n) is 2.10. The Balaban J connectivity index is 2.10. The first-order valence-electron chi connectivity index (χ1n) is 6.01. The molecule has 94 valence electrons. The second-order valence-corrected chi connectivity index (χ2v) is 5.14. The zero-order chi connectivity index (χ0) is 13.2. The maximum absolute atomic E-state index is 13.0. The van der Waals surface area contributed by atoms with E-state index >= 15 is 0 Å². The summed E-state index contributed by atoms with van der Waals surface area (Å²) < 4.78 is 17.3. The monoisotopic (exact) mass is 269 g/mol. The van der Waals surface area contributed by atoms with E-state index in [2.05, 4.69) is 29.5 Å². The number of benzene rings is 2. The fraction of sp³-hybridized carbons (Fsp3) is 0.0625. The average molecular weight is 269 g/mol. The van der Waals surface area contributed by atoms with Crippen LogP contribution in [0.15, 0.2) is 53.9 Å². The second-order valence-electron chi connectivity index (χ2n) is 4.48. The van der Waals surface area contributed by atoms with Crippen LogP contribution in [0.4, 0.5) is 4.39 Å². The van der Waals surface area contributed by atoms with Crippen molar-refractivity contribution < 1.29 is 4.39 Å². The number of aromatic nitrogens is 1. The number of hydrogen-bond acceptors (Lipinski definition) is 2. The van der Waals surface area contributed by atoms with Crippen LogP contribution in [0.1, 0.15) is 5.56 Å². The Bertz CT molecular complexity index is 687. The third-order valence-electron chi connectivity index (χ3n) is 2.99. The van der Waals surface area contributed by atoms with E-state index in [0.29, 0.717) is 0 Å². The van der Waals surface area contributed by atoms with Gasteiger partial charge in [0.1, 0.15) is 5.82 Å². The molecule has 0 atom stereocenters. The lowest BCUT2D eigenvalue weighted by Gasteiger charge is -2.06. The molecule has 0 spiro atoms. The smallest absolute Gasteiger partial charge is 0.123 e. The molecule has 0 saturated heterocycles. The zero-order valence-electron chi connectivity index (χ0n) is 10.4. The topological polar surface area (TPSA) is 12.9 Å². The second kappa shape index (κ2) is 4.94. The van der Waals surface area contributed by atoms with Gasteiger partial charge in [0.25, 0.3) is 0 Å². The summed E-state index contributed by atoms with van der Waals surface area (Å²) in [5, 5.41) is 1.97. The molecule has 0 unspecified atom stereocenters. The van der Waals surface area contributed by atoms with Gasteiger partial charge in [-0.15, -0.1) is 0 Å². The molecular formula is C16H12FNS. The Morgan fingerprint density at radius 3 is 2.32 bits per heavy atom. The van der Waals surface area contributed by atoms with E-state index in [1.165, 1.54) is 29.2 Å². The first-order valence-corrected chi connectivity index (χ1v) is 6.84. The minimum absolute atomic E-state index is 0.212. The lowest BCUT2D eigenvalue weighted by Crippen LogP contribution is -1.84. The Morgan fingerprint density at radius 1 is 0.895 bits per heavy atom. The van der Waals surface area contributed by atoms with E-state index in [9.17, 15) is 4.39 Å². The standard InChI is InChI=1S/C16H12FNS/c1-11-8-13(12-2-4-15(17)5-3-12)10-14(9-11)16-6-7-19-18-16/h2-10H,1H3. The van der Waals surface area contributed by atoms with Crippen molar-refractivity contribution in [2.45, 2.75) is 6.92 Å². The minimum atomic E-state index is -0.212. The van der Waals surface area contributed by atoms with Crippen molar-refractivity contribution in [3.05, 3.63) is 65.3 Å². The molecule has 0 saturated carbocycles. The average Bonchev–Trinajstić information content (AvgIpc) is 2.93. The molecule has 0 fully saturated rings. The van der Waals surface area contributed by atoms with E-state index in [1.54, 1.807) is 12.1 Å². The van der Waals surface area contributed by atoms with Gasteiger partial charge >= 0.3 is 0 Å². The van der Waals surface area contributed by atoms with Gasteiger partial charge in [-0.05, 0) is 65.5 Å². The maximum atomic E-state index is 13.0. The molecule has 0 aliphatic rings.